The highest BCUT2D eigenvalue weighted by Crippen LogP contribution is 2.35. The average molecular weight is 664 g/mol. The molecule has 0 amide bonds. The minimum Gasteiger partial charge on any atom is -0.347 e. The van der Waals surface area contributed by atoms with Crippen molar-refractivity contribution in [3.05, 3.63) is 60.9 Å². The summed E-state index contributed by atoms with van der Waals surface area (Å²) in [7, 11) is -6.19. The second-order valence-corrected chi connectivity index (χ2v) is 18.5. The van der Waals surface area contributed by atoms with E-state index >= 15 is 0 Å². The largest absolute Gasteiger partial charge is 0.347 e. The molecule has 2 atom stereocenters. The Hall–Kier alpha value is -2.71. The first-order valence-electron chi connectivity index (χ1n) is 14.8. The molecule has 2 aliphatic rings. The first-order chi connectivity index (χ1) is 20.6. The molecule has 4 aromatic rings. The fourth-order valence-corrected chi connectivity index (χ4v) is 9.57. The van der Waals surface area contributed by atoms with E-state index < -0.39 is 29.8 Å². The molecule has 0 saturated heterocycles. The van der Waals surface area contributed by atoms with Gasteiger partial charge < -0.3 is 14.0 Å². The van der Waals surface area contributed by atoms with Crippen LogP contribution >= 0.6 is 0 Å². The van der Waals surface area contributed by atoms with E-state index in [9.17, 15) is 25.3 Å². The number of rotatable bonds is 11. The maximum atomic E-state index is 12.3. The van der Waals surface area contributed by atoms with Crippen LogP contribution in [-0.2, 0) is 42.9 Å². The molecule has 0 spiro atoms. The summed E-state index contributed by atoms with van der Waals surface area (Å²) in [5, 5.41) is 1.43. The highest BCUT2D eigenvalue weighted by Gasteiger charge is 2.37. The van der Waals surface area contributed by atoms with E-state index in [0.717, 1.165) is 54.0 Å². The summed E-state index contributed by atoms with van der Waals surface area (Å²) in [6.45, 7) is 5.24. The van der Waals surface area contributed by atoms with Crippen molar-refractivity contribution in [1.82, 2.24) is 14.0 Å². The molecule has 0 aliphatic heterocycles. The Kier molecular flexibility index (Phi) is 9.09. The van der Waals surface area contributed by atoms with Crippen molar-refractivity contribution in [2.75, 3.05) is 19.8 Å². The lowest BCUT2D eigenvalue weighted by molar-refractivity contribution is 0.286. The predicted molar refractivity (Wildman–Crippen MR) is 173 cm³/mol. The van der Waals surface area contributed by atoms with E-state index in [1.807, 2.05) is 35.0 Å². The first-order valence-corrected chi connectivity index (χ1v) is 19.5. The lowest BCUT2D eigenvalue weighted by Crippen LogP contribution is -2.28. The van der Waals surface area contributed by atoms with E-state index in [0.29, 0.717) is 22.4 Å². The van der Waals surface area contributed by atoms with Gasteiger partial charge in [0, 0.05) is 53.3 Å². The Labute approximate surface area is 260 Å². The molecule has 2 aromatic carbocycles. The zero-order valence-corrected chi connectivity index (χ0v) is 27.9. The van der Waals surface area contributed by atoms with Gasteiger partial charge in [0.1, 0.15) is 0 Å². The van der Waals surface area contributed by atoms with Crippen molar-refractivity contribution >= 4 is 51.6 Å². The first kappa shape index (κ1) is 32.7. The van der Waals surface area contributed by atoms with Crippen LogP contribution in [0.4, 0.5) is 0 Å². The molecule has 240 valence electrons. The molecule has 13 heteroatoms. The molecule has 10 nitrogen and oxygen atoms in total. The Morgan fingerprint density at radius 1 is 0.727 bits per heavy atom. The highest BCUT2D eigenvalue weighted by molar-refractivity contribution is 7.92. The molecule has 0 bridgehead atoms. The third-order valence-corrected chi connectivity index (χ3v) is 13.9. The summed E-state index contributed by atoms with van der Waals surface area (Å²) in [4.78, 5) is 2.99. The lowest BCUT2D eigenvalue weighted by atomic mass is 10.2. The quantitative estimate of drug-likeness (QED) is 0.230. The normalized spacial score (nSPS) is 17.5. The molecular formula is C31H41N3O7S3. The molecular weight excluding hydrogens is 623 g/mol. The van der Waals surface area contributed by atoms with Crippen LogP contribution in [-0.4, -0.2) is 80.2 Å². The summed E-state index contributed by atoms with van der Waals surface area (Å²) >= 11 is 0. The number of aromatic nitrogens is 2. The summed E-state index contributed by atoms with van der Waals surface area (Å²) in [6, 6.07) is 14.8. The zero-order chi connectivity index (χ0) is 32.0. The summed E-state index contributed by atoms with van der Waals surface area (Å²) in [5.41, 5.74) is 1.94. The molecule has 44 heavy (non-hydrogen) atoms. The fraction of sp³-hybridized carbons (Fsp3) is 0.484. The fourth-order valence-electron chi connectivity index (χ4n) is 5.37. The van der Waals surface area contributed by atoms with Crippen LogP contribution < -0.4 is 0 Å². The van der Waals surface area contributed by atoms with Gasteiger partial charge in [-0.2, -0.15) is 8.42 Å². The Morgan fingerprint density at radius 2 is 1.16 bits per heavy atom. The Bertz CT molecular complexity index is 1990. The van der Waals surface area contributed by atoms with Gasteiger partial charge in [0.2, 0.25) is 0 Å². The molecule has 0 radical (unpaired) electrons. The van der Waals surface area contributed by atoms with Crippen LogP contribution in [0.5, 0.6) is 0 Å². The summed E-state index contributed by atoms with van der Waals surface area (Å²) in [5.74, 6) is -0.559. The van der Waals surface area contributed by atoms with Gasteiger partial charge >= 0.3 is 0 Å². The molecule has 2 saturated carbocycles. The van der Waals surface area contributed by atoms with Gasteiger partial charge in [-0.25, -0.2) is 16.8 Å². The van der Waals surface area contributed by atoms with E-state index in [-0.39, 0.29) is 22.2 Å². The molecule has 2 aromatic heterocycles. The third kappa shape index (κ3) is 7.39. The molecule has 6 rings (SSSR count). The summed E-state index contributed by atoms with van der Waals surface area (Å²) < 4.78 is 84.0. The van der Waals surface area contributed by atoms with Crippen molar-refractivity contribution in [3.63, 3.8) is 0 Å². The lowest BCUT2D eigenvalue weighted by Gasteiger charge is -2.20. The van der Waals surface area contributed by atoms with Gasteiger partial charge in [0.25, 0.3) is 10.1 Å². The number of hydrogen-bond donors (Lipinski definition) is 1. The summed E-state index contributed by atoms with van der Waals surface area (Å²) in [6.07, 6.45) is 6.92. The van der Waals surface area contributed by atoms with Gasteiger partial charge in [-0.3, -0.25) is 4.55 Å². The van der Waals surface area contributed by atoms with Crippen molar-refractivity contribution in [2.24, 2.45) is 5.92 Å². The maximum Gasteiger partial charge on any atom is 0.265 e. The van der Waals surface area contributed by atoms with Crippen LogP contribution in [0.3, 0.4) is 0 Å². The second-order valence-electron chi connectivity index (χ2n) is 12.5. The number of fused-ring (bicyclic) bond motifs is 2. The monoisotopic (exact) mass is 663 g/mol. The number of likely N-dealkylation sites (N-methyl/N-ethyl adjacent to an activating group) is 1. The van der Waals surface area contributed by atoms with E-state index in [1.54, 1.807) is 37.4 Å². The van der Waals surface area contributed by atoms with Crippen LogP contribution in [0.2, 0.25) is 0 Å². The van der Waals surface area contributed by atoms with Gasteiger partial charge in [-0.05, 0) is 101 Å². The van der Waals surface area contributed by atoms with Crippen molar-refractivity contribution in [2.45, 2.75) is 79.0 Å². The van der Waals surface area contributed by atoms with Gasteiger partial charge in [0.05, 0.1) is 26.0 Å². The van der Waals surface area contributed by atoms with E-state index in [4.69, 9.17) is 4.55 Å². The van der Waals surface area contributed by atoms with Crippen LogP contribution in [0.25, 0.3) is 21.8 Å². The number of nitrogens with zero attached hydrogens (tertiary/aromatic N) is 3. The number of benzene rings is 2. The van der Waals surface area contributed by atoms with Crippen LogP contribution in [0, 0.1) is 5.92 Å². The molecule has 2 heterocycles. The second kappa shape index (κ2) is 12.2. The predicted octanol–water partition coefficient (Wildman–Crippen LogP) is 4.63. The molecule has 0 unspecified atom stereocenters. The van der Waals surface area contributed by atoms with Crippen LogP contribution in [0.15, 0.2) is 70.7 Å². The molecule has 2 fully saturated rings. The standard InChI is InChI=1S/C16H22N2O2S.C15H19NO5S2/c1-12(17(2)3)11-18-9-8-13-10-15(6-7-16(13)18)21(19,20)14-4-5-14;1-11(10-22(17,18)19)9-16-7-6-12-8-14(4-5-15(12)16)23(20,21)13-2-3-13/h6-10,12,14H,4-5,11H2,1-3H3;4-8,11,13H,2-3,9-10H2,1H3,(H,17,18,19)/t12-;11-/m10/s1. The third-order valence-electron chi connectivity index (χ3n) is 8.41. The van der Waals surface area contributed by atoms with Crippen molar-refractivity contribution in [3.8, 4) is 0 Å². The Morgan fingerprint density at radius 3 is 1.55 bits per heavy atom. The topological polar surface area (TPSA) is 136 Å². The van der Waals surface area contributed by atoms with Gasteiger partial charge in [-0.1, -0.05) is 6.92 Å². The number of sulfone groups is 2. The molecule has 1 N–H and O–H groups in total. The maximum absolute atomic E-state index is 12.3. The van der Waals surface area contributed by atoms with Crippen molar-refractivity contribution in [1.29, 1.82) is 0 Å². The highest BCUT2D eigenvalue weighted by atomic mass is 32.2. The Balaban J connectivity index is 0.000000175. The SMILES string of the molecule is C[C@@H](Cn1ccc2cc(S(=O)(=O)C3CC3)ccc21)CS(=O)(=O)O.C[C@H](Cn1ccc2cc(S(=O)(=O)C3CC3)ccc21)N(C)C. The molecule has 2 aliphatic carbocycles. The smallest absolute Gasteiger partial charge is 0.265 e. The average Bonchev–Trinajstić information content (AvgIpc) is 3.87. The van der Waals surface area contributed by atoms with E-state index in [1.165, 1.54) is 0 Å². The number of hydrogen-bond acceptors (Lipinski definition) is 7. The van der Waals surface area contributed by atoms with Crippen molar-refractivity contribution < 1.29 is 29.8 Å². The van der Waals surface area contributed by atoms with E-state index in [2.05, 4.69) is 30.5 Å². The minimum atomic E-state index is -4.00. The van der Waals surface area contributed by atoms with Gasteiger partial charge in [0.15, 0.2) is 19.7 Å². The minimum absolute atomic E-state index is 0.147. The zero-order valence-electron chi connectivity index (χ0n) is 25.5. The van der Waals surface area contributed by atoms with Gasteiger partial charge in [-0.15, -0.1) is 0 Å². The van der Waals surface area contributed by atoms with Crippen LogP contribution in [0.1, 0.15) is 39.5 Å².